The zero-order chi connectivity index (χ0) is 23.4. The van der Waals surface area contributed by atoms with Gasteiger partial charge in [0.2, 0.25) is 15.9 Å². The summed E-state index contributed by atoms with van der Waals surface area (Å²) in [6.45, 7) is 0.625. The number of para-hydroxylation sites is 1. The van der Waals surface area contributed by atoms with Gasteiger partial charge < -0.3 is 10.2 Å². The van der Waals surface area contributed by atoms with E-state index >= 15 is 0 Å². The van der Waals surface area contributed by atoms with Crippen molar-refractivity contribution in [3.63, 3.8) is 0 Å². The molecule has 0 aliphatic carbocycles. The summed E-state index contributed by atoms with van der Waals surface area (Å²) in [5.41, 5.74) is 2.15. The first kappa shape index (κ1) is 23.0. The van der Waals surface area contributed by atoms with Crippen LogP contribution in [-0.4, -0.2) is 38.3 Å². The van der Waals surface area contributed by atoms with E-state index in [0.717, 1.165) is 16.1 Å². The number of carbonyl (C=O) groups excluding carboxylic acids is 2. The summed E-state index contributed by atoms with van der Waals surface area (Å²) in [6.07, 6.45) is 2.34. The maximum absolute atomic E-state index is 13.2. The summed E-state index contributed by atoms with van der Waals surface area (Å²) in [5.74, 6) is -0.358. The molecule has 0 bridgehead atoms. The van der Waals surface area contributed by atoms with Gasteiger partial charge in [0, 0.05) is 30.6 Å². The van der Waals surface area contributed by atoms with Crippen LogP contribution in [0, 0.1) is 0 Å². The Bertz CT molecular complexity index is 1290. The molecule has 0 radical (unpaired) electrons. The van der Waals surface area contributed by atoms with Crippen LogP contribution in [0.1, 0.15) is 22.3 Å². The van der Waals surface area contributed by atoms with Gasteiger partial charge in [-0.1, -0.05) is 36.0 Å². The lowest BCUT2D eigenvalue weighted by atomic mass is 10.1. The number of hydrogen-bond donors (Lipinski definition) is 2. The van der Waals surface area contributed by atoms with E-state index in [1.54, 1.807) is 35.4 Å². The zero-order valence-electron chi connectivity index (χ0n) is 17.6. The highest BCUT2D eigenvalue weighted by molar-refractivity contribution is 7.99. The van der Waals surface area contributed by atoms with E-state index in [-0.39, 0.29) is 29.7 Å². The molecule has 0 atom stereocenters. The van der Waals surface area contributed by atoms with Gasteiger partial charge >= 0.3 is 0 Å². The first-order chi connectivity index (χ1) is 15.8. The molecule has 2 aromatic carbocycles. The highest BCUT2D eigenvalue weighted by Crippen LogP contribution is 2.40. The SMILES string of the molecule is NS(=O)(=O)c1ccc(CCNC(=O)CCN2C(=O)c3cccnc3Sc3ccccc32)cc1. The minimum atomic E-state index is -3.73. The van der Waals surface area contributed by atoms with E-state index in [1.807, 2.05) is 24.3 Å². The number of aromatic nitrogens is 1. The average Bonchev–Trinajstić information content (AvgIpc) is 2.91. The number of fused-ring (bicyclic) bond motifs is 2. The van der Waals surface area contributed by atoms with Crippen LogP contribution in [0.2, 0.25) is 0 Å². The Balaban J connectivity index is 1.37. The number of pyridine rings is 1. The standard InChI is InChI=1S/C23H22N4O4S2/c24-33(30,31)17-9-7-16(8-10-17)11-14-25-21(28)12-15-27-19-5-1-2-6-20(19)32-22-18(23(27)29)4-3-13-26-22/h1-10,13H,11-12,14-15H2,(H,25,28)(H2,24,30,31). The highest BCUT2D eigenvalue weighted by atomic mass is 32.2. The molecule has 1 aliphatic heterocycles. The van der Waals surface area contributed by atoms with Crippen LogP contribution in [0.15, 0.2) is 81.7 Å². The minimum Gasteiger partial charge on any atom is -0.356 e. The second kappa shape index (κ2) is 9.74. The number of amides is 2. The van der Waals surface area contributed by atoms with Gasteiger partial charge in [0.15, 0.2) is 0 Å². The molecule has 1 aromatic heterocycles. The largest absolute Gasteiger partial charge is 0.356 e. The van der Waals surface area contributed by atoms with Crippen LogP contribution < -0.4 is 15.4 Å². The molecule has 0 fully saturated rings. The smallest absolute Gasteiger partial charge is 0.261 e. The predicted molar refractivity (Wildman–Crippen MR) is 126 cm³/mol. The maximum atomic E-state index is 13.2. The monoisotopic (exact) mass is 482 g/mol. The van der Waals surface area contributed by atoms with E-state index in [2.05, 4.69) is 10.3 Å². The Hall–Kier alpha value is -3.21. The van der Waals surface area contributed by atoms with Crippen LogP contribution in [0.3, 0.4) is 0 Å². The van der Waals surface area contributed by atoms with Gasteiger partial charge in [0.25, 0.3) is 5.91 Å². The van der Waals surface area contributed by atoms with Crippen LogP contribution in [0.4, 0.5) is 5.69 Å². The van der Waals surface area contributed by atoms with Gasteiger partial charge in [-0.25, -0.2) is 18.5 Å². The molecule has 3 N–H and O–H groups in total. The molecule has 10 heteroatoms. The fourth-order valence-corrected chi connectivity index (χ4v) is 5.01. The van der Waals surface area contributed by atoms with Crippen molar-refractivity contribution in [2.75, 3.05) is 18.0 Å². The number of nitrogens with zero attached hydrogens (tertiary/aromatic N) is 2. The number of primary sulfonamides is 1. The number of rotatable bonds is 7. The fraction of sp³-hybridized carbons (Fsp3) is 0.174. The lowest BCUT2D eigenvalue weighted by molar-refractivity contribution is -0.120. The molecule has 0 saturated carbocycles. The Labute approximate surface area is 196 Å². The molecule has 33 heavy (non-hydrogen) atoms. The van der Waals surface area contributed by atoms with Crippen LogP contribution in [0.5, 0.6) is 0 Å². The second-order valence-electron chi connectivity index (χ2n) is 7.42. The molecular formula is C23H22N4O4S2. The Kier molecular flexibility index (Phi) is 6.77. The average molecular weight is 483 g/mol. The third kappa shape index (κ3) is 5.41. The Morgan fingerprint density at radius 1 is 1.06 bits per heavy atom. The van der Waals surface area contributed by atoms with E-state index in [4.69, 9.17) is 5.14 Å². The fourth-order valence-electron chi connectivity index (χ4n) is 3.48. The molecule has 2 amide bonds. The minimum absolute atomic E-state index is 0.0487. The molecule has 0 unspecified atom stereocenters. The number of anilines is 1. The number of carbonyl (C=O) groups is 2. The number of benzene rings is 2. The third-order valence-corrected chi connectivity index (χ3v) is 7.17. The highest BCUT2D eigenvalue weighted by Gasteiger charge is 2.28. The molecule has 8 nitrogen and oxygen atoms in total. The zero-order valence-corrected chi connectivity index (χ0v) is 19.2. The van der Waals surface area contributed by atoms with Crippen molar-refractivity contribution in [2.24, 2.45) is 5.14 Å². The molecule has 1 aliphatic rings. The van der Waals surface area contributed by atoms with Crippen LogP contribution in [-0.2, 0) is 21.2 Å². The summed E-state index contributed by atoms with van der Waals surface area (Å²) in [5, 5.41) is 8.60. The van der Waals surface area contributed by atoms with Crippen molar-refractivity contribution >= 4 is 39.3 Å². The van der Waals surface area contributed by atoms with Gasteiger partial charge in [0.05, 0.1) is 16.1 Å². The summed E-state index contributed by atoms with van der Waals surface area (Å²) in [6, 6.07) is 17.3. The van der Waals surface area contributed by atoms with Crippen molar-refractivity contribution < 1.29 is 18.0 Å². The van der Waals surface area contributed by atoms with Gasteiger partial charge in [-0.15, -0.1) is 0 Å². The van der Waals surface area contributed by atoms with E-state index < -0.39 is 10.0 Å². The van der Waals surface area contributed by atoms with E-state index in [9.17, 15) is 18.0 Å². The summed E-state index contributed by atoms with van der Waals surface area (Å²) in [7, 11) is -3.73. The molecular weight excluding hydrogens is 460 g/mol. The van der Waals surface area contributed by atoms with Crippen LogP contribution >= 0.6 is 11.8 Å². The first-order valence-electron chi connectivity index (χ1n) is 10.2. The predicted octanol–water partition coefficient (Wildman–Crippen LogP) is 2.59. The Morgan fingerprint density at radius 2 is 1.82 bits per heavy atom. The lowest BCUT2D eigenvalue weighted by Crippen LogP contribution is -2.35. The van der Waals surface area contributed by atoms with E-state index in [0.29, 0.717) is 23.6 Å². The lowest BCUT2D eigenvalue weighted by Gasteiger charge is -2.22. The number of sulfonamides is 1. The maximum Gasteiger partial charge on any atom is 0.261 e. The first-order valence-corrected chi connectivity index (χ1v) is 12.6. The van der Waals surface area contributed by atoms with E-state index in [1.165, 1.54) is 23.9 Å². The summed E-state index contributed by atoms with van der Waals surface area (Å²) in [4.78, 5) is 32.6. The molecule has 0 spiro atoms. The molecule has 170 valence electrons. The molecule has 3 aromatic rings. The number of nitrogens with two attached hydrogens (primary N) is 1. The number of hydrogen-bond acceptors (Lipinski definition) is 6. The third-order valence-electron chi connectivity index (χ3n) is 5.16. The van der Waals surface area contributed by atoms with Crippen LogP contribution in [0.25, 0.3) is 0 Å². The van der Waals surface area contributed by atoms with Crippen molar-refractivity contribution in [3.05, 3.63) is 78.0 Å². The van der Waals surface area contributed by atoms with Crippen molar-refractivity contribution in [3.8, 4) is 0 Å². The van der Waals surface area contributed by atoms with Gasteiger partial charge in [-0.2, -0.15) is 0 Å². The van der Waals surface area contributed by atoms with Gasteiger partial charge in [-0.3, -0.25) is 9.59 Å². The van der Waals surface area contributed by atoms with Gasteiger partial charge in [0.1, 0.15) is 5.03 Å². The second-order valence-corrected chi connectivity index (χ2v) is 10.0. The molecule has 2 heterocycles. The van der Waals surface area contributed by atoms with Gasteiger partial charge in [-0.05, 0) is 48.4 Å². The quantitative estimate of drug-likeness (QED) is 0.534. The van der Waals surface area contributed by atoms with Crippen molar-refractivity contribution in [1.29, 1.82) is 0 Å². The number of nitrogens with one attached hydrogen (secondary N) is 1. The van der Waals surface area contributed by atoms with Crippen molar-refractivity contribution in [1.82, 2.24) is 10.3 Å². The molecule has 4 rings (SSSR count). The Morgan fingerprint density at radius 3 is 2.58 bits per heavy atom. The summed E-state index contributed by atoms with van der Waals surface area (Å²) < 4.78 is 22.7. The topological polar surface area (TPSA) is 122 Å². The normalized spacial score (nSPS) is 13.1. The summed E-state index contributed by atoms with van der Waals surface area (Å²) >= 11 is 1.44. The van der Waals surface area contributed by atoms with Crippen molar-refractivity contribution in [2.45, 2.75) is 27.7 Å². The molecule has 0 saturated heterocycles.